The average Bonchev–Trinajstić information content (AvgIpc) is 2.63. The molecule has 0 aliphatic rings. The maximum absolute atomic E-state index is 11.8. The van der Waals surface area contributed by atoms with E-state index < -0.39 is 22.0 Å². The maximum Gasteiger partial charge on any atom is 0.323 e. The fourth-order valence-electron chi connectivity index (χ4n) is 0.983. The molecule has 8 heteroatoms. The topological polar surface area (TPSA) is 72.5 Å². The van der Waals surface area contributed by atoms with E-state index in [0.717, 1.165) is 11.3 Å². The van der Waals surface area contributed by atoms with Crippen molar-refractivity contribution in [2.24, 2.45) is 0 Å². The van der Waals surface area contributed by atoms with Crippen molar-refractivity contribution in [3.63, 3.8) is 0 Å². The molecule has 90 valence electrons. The Kier molecular flexibility index (Phi) is 4.48. The second kappa shape index (κ2) is 5.26. The van der Waals surface area contributed by atoms with Crippen molar-refractivity contribution < 1.29 is 17.9 Å². The third kappa shape index (κ3) is 3.03. The summed E-state index contributed by atoms with van der Waals surface area (Å²) in [5.74, 6) is -0.628. The van der Waals surface area contributed by atoms with Crippen LogP contribution < -0.4 is 4.72 Å². The van der Waals surface area contributed by atoms with Crippen molar-refractivity contribution in [3.8, 4) is 0 Å². The average molecular weight is 328 g/mol. The summed E-state index contributed by atoms with van der Waals surface area (Å²) in [7, 11) is -2.48. The van der Waals surface area contributed by atoms with Crippen LogP contribution in [0.2, 0.25) is 0 Å². The largest absolute Gasteiger partial charge is 0.468 e. The molecule has 0 aliphatic carbocycles. The molecule has 0 fully saturated rings. The smallest absolute Gasteiger partial charge is 0.323 e. The number of sulfonamides is 1. The van der Waals surface area contributed by atoms with Crippen LogP contribution in [0.5, 0.6) is 0 Å². The normalized spacial score (nSPS) is 13.4. The van der Waals surface area contributed by atoms with Crippen molar-refractivity contribution in [1.29, 1.82) is 0 Å². The fourth-order valence-corrected chi connectivity index (χ4v) is 4.53. The predicted octanol–water partition coefficient (Wildman–Crippen LogP) is 1.35. The van der Waals surface area contributed by atoms with Crippen LogP contribution in [-0.2, 0) is 19.6 Å². The molecule has 0 unspecified atom stereocenters. The van der Waals surface area contributed by atoms with Gasteiger partial charge in [-0.3, -0.25) is 4.79 Å². The van der Waals surface area contributed by atoms with Gasteiger partial charge >= 0.3 is 5.97 Å². The van der Waals surface area contributed by atoms with Crippen molar-refractivity contribution in [3.05, 3.63) is 15.9 Å². The van der Waals surface area contributed by atoms with Crippen molar-refractivity contribution in [2.75, 3.05) is 7.11 Å². The molecule has 0 spiro atoms. The van der Waals surface area contributed by atoms with E-state index in [1.807, 2.05) is 0 Å². The molecule has 0 aliphatic heterocycles. The van der Waals surface area contributed by atoms with Gasteiger partial charge in [0.25, 0.3) is 10.0 Å². The Morgan fingerprint density at radius 3 is 2.69 bits per heavy atom. The summed E-state index contributed by atoms with van der Waals surface area (Å²) in [6, 6.07) is 0.714. The molecule has 5 nitrogen and oxygen atoms in total. The quantitative estimate of drug-likeness (QED) is 0.847. The van der Waals surface area contributed by atoms with E-state index in [1.54, 1.807) is 11.4 Å². The number of halogens is 1. The Morgan fingerprint density at radius 1 is 1.62 bits per heavy atom. The first-order chi connectivity index (χ1) is 7.38. The van der Waals surface area contributed by atoms with E-state index in [1.165, 1.54) is 14.0 Å². The van der Waals surface area contributed by atoms with Crippen molar-refractivity contribution in [2.45, 2.75) is 17.2 Å². The molecule has 1 aromatic heterocycles. The van der Waals surface area contributed by atoms with Crippen LogP contribution in [0.15, 0.2) is 20.1 Å². The van der Waals surface area contributed by atoms with Gasteiger partial charge in [-0.1, -0.05) is 0 Å². The highest BCUT2D eigenvalue weighted by atomic mass is 79.9. The highest BCUT2D eigenvalue weighted by Crippen LogP contribution is 2.27. The van der Waals surface area contributed by atoms with E-state index in [9.17, 15) is 13.2 Å². The number of carbonyl (C=O) groups excluding carboxylic acids is 1. The molecular formula is C8H10BrNO4S2. The molecule has 0 saturated heterocycles. The zero-order valence-electron chi connectivity index (χ0n) is 8.56. The van der Waals surface area contributed by atoms with Crippen LogP contribution in [0.4, 0.5) is 0 Å². The molecule has 16 heavy (non-hydrogen) atoms. The van der Waals surface area contributed by atoms with Gasteiger partial charge in [-0.2, -0.15) is 4.72 Å². The lowest BCUT2D eigenvalue weighted by atomic mass is 10.4. The Balaban J connectivity index is 2.89. The number of thiophene rings is 1. The minimum atomic E-state index is -3.68. The Morgan fingerprint density at radius 2 is 2.25 bits per heavy atom. The van der Waals surface area contributed by atoms with E-state index in [0.29, 0.717) is 4.47 Å². The van der Waals surface area contributed by atoms with Gasteiger partial charge in [0.15, 0.2) is 0 Å². The second-order valence-electron chi connectivity index (χ2n) is 2.92. The number of hydrogen-bond acceptors (Lipinski definition) is 5. The molecular weight excluding hydrogens is 318 g/mol. The summed E-state index contributed by atoms with van der Waals surface area (Å²) in [6.45, 7) is 1.42. The molecule has 0 radical (unpaired) electrons. The summed E-state index contributed by atoms with van der Waals surface area (Å²) in [5.41, 5.74) is 0. The van der Waals surface area contributed by atoms with Crippen LogP contribution in [0, 0.1) is 0 Å². The predicted molar refractivity (Wildman–Crippen MR) is 63.8 cm³/mol. The number of carbonyl (C=O) groups is 1. The maximum atomic E-state index is 11.8. The van der Waals surface area contributed by atoms with Crippen molar-refractivity contribution >= 4 is 43.3 Å². The monoisotopic (exact) mass is 327 g/mol. The fraction of sp³-hybridized carbons (Fsp3) is 0.375. The lowest BCUT2D eigenvalue weighted by molar-refractivity contribution is -0.142. The third-order valence-corrected chi connectivity index (χ3v) is 5.93. The number of ether oxygens (including phenoxy) is 1. The first kappa shape index (κ1) is 13.6. The minimum Gasteiger partial charge on any atom is -0.468 e. The van der Waals surface area contributed by atoms with Crippen LogP contribution in [-0.4, -0.2) is 27.5 Å². The number of methoxy groups -OCH3 is 1. The van der Waals surface area contributed by atoms with Gasteiger partial charge in [-0.15, -0.1) is 11.3 Å². The first-order valence-electron chi connectivity index (χ1n) is 4.21. The van der Waals surface area contributed by atoms with Crippen LogP contribution >= 0.6 is 27.3 Å². The number of rotatable bonds is 4. The van der Waals surface area contributed by atoms with Gasteiger partial charge in [-0.05, 0) is 34.3 Å². The summed E-state index contributed by atoms with van der Waals surface area (Å²) in [6.07, 6.45) is 0. The zero-order valence-corrected chi connectivity index (χ0v) is 11.8. The van der Waals surface area contributed by atoms with Gasteiger partial charge < -0.3 is 4.74 Å². The Labute approximate surface area is 106 Å². The molecule has 1 aromatic rings. The second-order valence-corrected chi connectivity index (χ2v) is 6.60. The van der Waals surface area contributed by atoms with Crippen LogP contribution in [0.1, 0.15) is 6.92 Å². The summed E-state index contributed by atoms with van der Waals surface area (Å²) in [5, 5.41) is 1.64. The minimum absolute atomic E-state index is 0.142. The van der Waals surface area contributed by atoms with Gasteiger partial charge in [-0.25, -0.2) is 8.42 Å². The number of hydrogen-bond donors (Lipinski definition) is 1. The molecule has 1 rings (SSSR count). The van der Waals surface area contributed by atoms with Crippen LogP contribution in [0.3, 0.4) is 0 Å². The van der Waals surface area contributed by atoms with E-state index in [2.05, 4.69) is 25.4 Å². The molecule has 0 aromatic carbocycles. The molecule has 1 heterocycles. The van der Waals surface area contributed by atoms with E-state index >= 15 is 0 Å². The third-order valence-electron chi connectivity index (χ3n) is 1.72. The SMILES string of the molecule is COC(=O)[C@H](C)NS(=O)(=O)c1sccc1Br. The van der Waals surface area contributed by atoms with Gasteiger partial charge in [0.05, 0.1) is 7.11 Å². The van der Waals surface area contributed by atoms with Gasteiger partial charge in [0.1, 0.15) is 10.3 Å². The standard InChI is InChI=1S/C8H10BrNO4S2/c1-5(7(11)14-2)10-16(12,13)8-6(9)3-4-15-8/h3-5,10H,1-2H3/t5-/m0/s1. The highest BCUT2D eigenvalue weighted by molar-refractivity contribution is 9.10. The Hall–Kier alpha value is -0.440. The highest BCUT2D eigenvalue weighted by Gasteiger charge is 2.25. The molecule has 0 saturated carbocycles. The lowest BCUT2D eigenvalue weighted by Gasteiger charge is -2.11. The number of esters is 1. The molecule has 0 amide bonds. The first-order valence-corrected chi connectivity index (χ1v) is 7.37. The molecule has 1 N–H and O–H groups in total. The van der Waals surface area contributed by atoms with Crippen molar-refractivity contribution in [1.82, 2.24) is 4.72 Å². The van der Waals surface area contributed by atoms with Gasteiger partial charge in [0.2, 0.25) is 0 Å². The zero-order chi connectivity index (χ0) is 12.3. The van der Waals surface area contributed by atoms with Crippen LogP contribution in [0.25, 0.3) is 0 Å². The summed E-state index contributed by atoms with van der Waals surface area (Å²) >= 11 is 4.19. The lowest BCUT2D eigenvalue weighted by Crippen LogP contribution is -2.38. The summed E-state index contributed by atoms with van der Waals surface area (Å²) < 4.78 is 30.9. The van der Waals surface area contributed by atoms with Gasteiger partial charge in [0, 0.05) is 4.47 Å². The van der Waals surface area contributed by atoms with E-state index in [-0.39, 0.29) is 4.21 Å². The summed E-state index contributed by atoms with van der Waals surface area (Å²) in [4.78, 5) is 11.1. The van der Waals surface area contributed by atoms with E-state index in [4.69, 9.17) is 0 Å². The Bertz CT molecular complexity index is 482. The number of nitrogens with one attached hydrogen (secondary N) is 1. The molecule has 1 atom stereocenters. The molecule has 0 bridgehead atoms.